The molecule has 0 aliphatic rings. The number of hydrogen-bond acceptors (Lipinski definition) is 4. The summed E-state index contributed by atoms with van der Waals surface area (Å²) in [4.78, 5) is 11.2. The minimum absolute atomic E-state index is 0.257. The highest BCUT2D eigenvalue weighted by Crippen LogP contribution is 2.33. The van der Waals surface area contributed by atoms with Gasteiger partial charge in [-0.05, 0) is 6.07 Å². The van der Waals surface area contributed by atoms with Gasteiger partial charge in [-0.15, -0.1) is 5.10 Å². The fourth-order valence-electron chi connectivity index (χ4n) is 1.54. The SMILES string of the molecule is Cn1c(SC(CN)c2ccccc2F)n[nH]c1=O. The summed E-state index contributed by atoms with van der Waals surface area (Å²) in [7, 11) is 1.60. The number of benzene rings is 1. The molecule has 0 radical (unpaired) electrons. The summed E-state index contributed by atoms with van der Waals surface area (Å²) in [5, 5.41) is 6.41. The van der Waals surface area contributed by atoms with Crippen LogP contribution in [-0.2, 0) is 7.05 Å². The van der Waals surface area contributed by atoms with Gasteiger partial charge in [-0.1, -0.05) is 30.0 Å². The molecule has 5 nitrogen and oxygen atoms in total. The predicted molar refractivity (Wildman–Crippen MR) is 67.9 cm³/mol. The Morgan fingerprint density at radius 2 is 2.28 bits per heavy atom. The maximum Gasteiger partial charge on any atom is 0.343 e. The normalized spacial score (nSPS) is 12.6. The van der Waals surface area contributed by atoms with Crippen LogP contribution in [0.25, 0.3) is 0 Å². The fourth-order valence-corrected chi connectivity index (χ4v) is 2.55. The third kappa shape index (κ3) is 2.46. The molecule has 2 rings (SSSR count). The molecule has 0 fully saturated rings. The molecule has 0 spiro atoms. The van der Waals surface area contributed by atoms with Crippen LogP contribution in [0.4, 0.5) is 4.39 Å². The Hall–Kier alpha value is -1.60. The molecular formula is C11H13FN4OS. The van der Waals surface area contributed by atoms with Gasteiger partial charge >= 0.3 is 5.69 Å². The molecule has 96 valence electrons. The maximum absolute atomic E-state index is 13.7. The van der Waals surface area contributed by atoms with Crippen molar-refractivity contribution in [3.8, 4) is 0 Å². The number of thioether (sulfide) groups is 1. The second-order valence-corrected chi connectivity index (χ2v) is 4.90. The second-order valence-electron chi connectivity index (χ2n) is 3.73. The van der Waals surface area contributed by atoms with Crippen LogP contribution in [0.2, 0.25) is 0 Å². The van der Waals surface area contributed by atoms with Crippen LogP contribution in [0, 0.1) is 5.82 Å². The number of H-pyrrole nitrogens is 1. The molecule has 3 N–H and O–H groups in total. The van der Waals surface area contributed by atoms with Gasteiger partial charge in [0.15, 0.2) is 5.16 Å². The van der Waals surface area contributed by atoms with E-state index in [2.05, 4.69) is 10.2 Å². The highest BCUT2D eigenvalue weighted by atomic mass is 32.2. The Morgan fingerprint density at radius 1 is 1.56 bits per heavy atom. The van der Waals surface area contributed by atoms with Crippen molar-refractivity contribution in [2.75, 3.05) is 6.54 Å². The second kappa shape index (κ2) is 5.36. The van der Waals surface area contributed by atoms with Crippen LogP contribution in [0.15, 0.2) is 34.2 Å². The molecule has 2 aromatic rings. The summed E-state index contributed by atoms with van der Waals surface area (Å²) in [5.74, 6) is -0.305. The van der Waals surface area contributed by atoms with E-state index in [9.17, 15) is 9.18 Å². The van der Waals surface area contributed by atoms with E-state index in [-0.39, 0.29) is 23.3 Å². The number of halogens is 1. The number of aromatic amines is 1. The number of nitrogens with one attached hydrogen (secondary N) is 1. The number of nitrogens with zero attached hydrogens (tertiary/aromatic N) is 2. The molecule has 1 heterocycles. The molecule has 0 aliphatic heterocycles. The van der Waals surface area contributed by atoms with E-state index in [4.69, 9.17) is 5.73 Å². The Bertz CT molecular complexity index is 595. The van der Waals surface area contributed by atoms with Gasteiger partial charge in [0.05, 0.1) is 5.25 Å². The first-order valence-electron chi connectivity index (χ1n) is 5.36. The lowest BCUT2D eigenvalue weighted by Gasteiger charge is -2.14. The molecule has 0 bridgehead atoms. The zero-order chi connectivity index (χ0) is 13.1. The van der Waals surface area contributed by atoms with Gasteiger partial charge in [-0.2, -0.15) is 0 Å². The standard InChI is InChI=1S/C11H13FN4OS/c1-16-10(17)14-15-11(16)18-9(6-13)7-4-2-3-5-8(7)12/h2-5,9H,6,13H2,1H3,(H,14,17). The fraction of sp³-hybridized carbons (Fsp3) is 0.273. The molecule has 0 amide bonds. The minimum atomic E-state index is -0.305. The van der Waals surface area contributed by atoms with Crippen LogP contribution in [0.1, 0.15) is 10.8 Å². The first-order chi connectivity index (χ1) is 8.63. The molecule has 1 unspecified atom stereocenters. The summed E-state index contributed by atoms with van der Waals surface area (Å²) in [6.07, 6.45) is 0. The number of rotatable bonds is 4. The van der Waals surface area contributed by atoms with Gasteiger partial charge in [0.25, 0.3) is 0 Å². The zero-order valence-corrected chi connectivity index (χ0v) is 10.6. The van der Waals surface area contributed by atoms with E-state index in [0.717, 1.165) is 0 Å². The molecule has 0 saturated carbocycles. The van der Waals surface area contributed by atoms with E-state index in [1.165, 1.54) is 22.4 Å². The molecule has 1 aromatic carbocycles. The smallest absolute Gasteiger partial charge is 0.329 e. The van der Waals surface area contributed by atoms with Crippen molar-refractivity contribution >= 4 is 11.8 Å². The quantitative estimate of drug-likeness (QED) is 0.812. The minimum Gasteiger partial charge on any atom is -0.329 e. The Kier molecular flexibility index (Phi) is 3.83. The van der Waals surface area contributed by atoms with Gasteiger partial charge in [0.1, 0.15) is 5.82 Å². The summed E-state index contributed by atoms with van der Waals surface area (Å²) >= 11 is 1.26. The first kappa shape index (κ1) is 12.8. The first-order valence-corrected chi connectivity index (χ1v) is 6.24. The Morgan fingerprint density at radius 3 is 2.83 bits per heavy atom. The van der Waals surface area contributed by atoms with Crippen molar-refractivity contribution in [3.63, 3.8) is 0 Å². The van der Waals surface area contributed by atoms with Crippen LogP contribution in [0.5, 0.6) is 0 Å². The van der Waals surface area contributed by atoms with Gasteiger partial charge in [-0.3, -0.25) is 4.57 Å². The van der Waals surface area contributed by atoms with Crippen LogP contribution in [-0.4, -0.2) is 21.3 Å². The van der Waals surface area contributed by atoms with Crippen LogP contribution >= 0.6 is 11.8 Å². The summed E-state index contributed by atoms with van der Waals surface area (Å²) in [6.45, 7) is 0.257. The van der Waals surface area contributed by atoms with Crippen molar-refractivity contribution in [1.82, 2.24) is 14.8 Å². The van der Waals surface area contributed by atoms with E-state index in [1.807, 2.05) is 0 Å². The highest BCUT2D eigenvalue weighted by Gasteiger charge is 2.18. The topological polar surface area (TPSA) is 76.7 Å². The average molecular weight is 268 g/mol. The van der Waals surface area contributed by atoms with Gasteiger partial charge in [-0.25, -0.2) is 14.3 Å². The Labute approximate surface area is 107 Å². The van der Waals surface area contributed by atoms with Crippen molar-refractivity contribution in [2.24, 2.45) is 12.8 Å². The molecule has 0 aliphatic carbocycles. The molecular weight excluding hydrogens is 255 g/mol. The largest absolute Gasteiger partial charge is 0.343 e. The maximum atomic E-state index is 13.7. The van der Waals surface area contributed by atoms with Crippen LogP contribution < -0.4 is 11.4 Å². The van der Waals surface area contributed by atoms with E-state index >= 15 is 0 Å². The van der Waals surface area contributed by atoms with E-state index in [1.54, 1.807) is 25.2 Å². The van der Waals surface area contributed by atoms with Gasteiger partial charge in [0, 0.05) is 19.2 Å². The van der Waals surface area contributed by atoms with Crippen molar-refractivity contribution in [2.45, 2.75) is 10.4 Å². The van der Waals surface area contributed by atoms with Crippen molar-refractivity contribution < 1.29 is 4.39 Å². The van der Waals surface area contributed by atoms with Crippen molar-refractivity contribution in [3.05, 3.63) is 46.1 Å². The summed E-state index contributed by atoms with van der Waals surface area (Å²) in [5.41, 5.74) is 5.88. The molecule has 7 heteroatoms. The third-order valence-electron chi connectivity index (χ3n) is 2.55. The van der Waals surface area contributed by atoms with Crippen molar-refractivity contribution in [1.29, 1.82) is 0 Å². The van der Waals surface area contributed by atoms with E-state index in [0.29, 0.717) is 10.7 Å². The average Bonchev–Trinajstić information content (AvgIpc) is 2.68. The lowest BCUT2D eigenvalue weighted by molar-refractivity contribution is 0.607. The lowest BCUT2D eigenvalue weighted by Crippen LogP contribution is -2.15. The Balaban J connectivity index is 2.28. The van der Waals surface area contributed by atoms with Gasteiger partial charge < -0.3 is 5.73 Å². The summed E-state index contributed by atoms with van der Waals surface area (Å²) in [6, 6.07) is 6.46. The molecule has 1 atom stereocenters. The predicted octanol–water partition coefficient (Wildman–Crippen LogP) is 1.04. The summed E-state index contributed by atoms with van der Waals surface area (Å²) < 4.78 is 15.0. The molecule has 1 aromatic heterocycles. The number of nitrogens with two attached hydrogens (primary N) is 1. The third-order valence-corrected chi connectivity index (χ3v) is 3.86. The molecule has 18 heavy (non-hydrogen) atoms. The number of hydrogen-bond donors (Lipinski definition) is 2. The lowest BCUT2D eigenvalue weighted by atomic mass is 10.1. The van der Waals surface area contributed by atoms with E-state index < -0.39 is 0 Å². The van der Waals surface area contributed by atoms with Gasteiger partial charge in [0.2, 0.25) is 0 Å². The highest BCUT2D eigenvalue weighted by molar-refractivity contribution is 7.99. The monoisotopic (exact) mass is 268 g/mol. The zero-order valence-electron chi connectivity index (χ0n) is 9.76. The number of aromatic nitrogens is 3. The van der Waals surface area contributed by atoms with Crippen LogP contribution in [0.3, 0.4) is 0 Å². The molecule has 0 saturated heterocycles.